The summed E-state index contributed by atoms with van der Waals surface area (Å²) in [7, 11) is 0. The second kappa shape index (κ2) is 7.08. The van der Waals surface area contributed by atoms with Crippen molar-refractivity contribution in [3.05, 3.63) is 41.3 Å². The van der Waals surface area contributed by atoms with Crippen LogP contribution in [0, 0.1) is 0 Å². The highest BCUT2D eigenvalue weighted by molar-refractivity contribution is 8.03. The Morgan fingerprint density at radius 3 is 2.50 bits per heavy atom. The molecule has 0 aromatic heterocycles. The van der Waals surface area contributed by atoms with Crippen LogP contribution in [-0.2, 0) is 19.2 Å². The van der Waals surface area contributed by atoms with Crippen LogP contribution in [0.1, 0.15) is 6.92 Å². The number of carboxylic acid groups (broad SMARTS) is 1. The number of carbonyl (C=O) groups excluding carboxylic acids is 3. The molecule has 1 aromatic rings. The summed E-state index contributed by atoms with van der Waals surface area (Å²) in [5.74, 6) is -2.87. The maximum absolute atomic E-state index is 12.4. The highest BCUT2D eigenvalue weighted by Gasteiger charge is 2.56. The second-order valence-electron chi connectivity index (χ2n) is 5.71. The summed E-state index contributed by atoms with van der Waals surface area (Å²) in [6, 6.07) is 6.62. The van der Waals surface area contributed by atoms with E-state index in [0.29, 0.717) is 5.69 Å². The van der Waals surface area contributed by atoms with Crippen molar-refractivity contribution >= 4 is 41.1 Å². The number of anilines is 1. The van der Waals surface area contributed by atoms with Crippen molar-refractivity contribution in [3.8, 4) is 0 Å². The minimum Gasteiger partial charge on any atom is -0.479 e. The SMILES string of the molecule is CC(=O)NC1C(=O)N2C(C(=O)O)C(C(=O)NNc3ccccc3)=CS[C@@H]12. The molecular formula is C16H16N4O5S. The van der Waals surface area contributed by atoms with E-state index in [1.54, 1.807) is 24.3 Å². The third-order valence-electron chi connectivity index (χ3n) is 3.94. The number of nitrogens with one attached hydrogen (secondary N) is 3. The predicted molar refractivity (Wildman–Crippen MR) is 93.5 cm³/mol. The number of carbonyl (C=O) groups is 4. The number of carboxylic acids is 1. The van der Waals surface area contributed by atoms with Crippen LogP contribution in [0.3, 0.4) is 0 Å². The molecule has 2 unspecified atom stereocenters. The Balaban J connectivity index is 1.74. The first-order chi connectivity index (χ1) is 12.4. The number of hydrazine groups is 1. The number of para-hydroxylation sites is 1. The third-order valence-corrected chi connectivity index (χ3v) is 5.10. The van der Waals surface area contributed by atoms with E-state index >= 15 is 0 Å². The Morgan fingerprint density at radius 1 is 1.19 bits per heavy atom. The quantitative estimate of drug-likeness (QED) is 0.417. The maximum atomic E-state index is 12.4. The van der Waals surface area contributed by atoms with Gasteiger partial charge in [-0.05, 0) is 17.5 Å². The normalized spacial score (nSPS) is 23.9. The number of hydrogen-bond acceptors (Lipinski definition) is 6. The fourth-order valence-corrected chi connectivity index (χ4v) is 3.99. The van der Waals surface area contributed by atoms with E-state index in [-0.39, 0.29) is 11.5 Å². The molecule has 1 saturated heterocycles. The molecule has 0 saturated carbocycles. The molecule has 136 valence electrons. The van der Waals surface area contributed by atoms with E-state index in [2.05, 4.69) is 16.2 Å². The van der Waals surface area contributed by atoms with Crippen molar-refractivity contribution in [3.63, 3.8) is 0 Å². The van der Waals surface area contributed by atoms with Gasteiger partial charge in [0.1, 0.15) is 11.4 Å². The van der Waals surface area contributed by atoms with E-state index in [4.69, 9.17) is 0 Å². The summed E-state index contributed by atoms with van der Waals surface area (Å²) in [5, 5.41) is 12.9. The van der Waals surface area contributed by atoms with Crippen molar-refractivity contribution in [2.45, 2.75) is 24.4 Å². The average molecular weight is 376 g/mol. The van der Waals surface area contributed by atoms with Gasteiger partial charge in [-0.25, -0.2) is 4.79 Å². The number of aliphatic carboxylic acids is 1. The van der Waals surface area contributed by atoms with Crippen LogP contribution >= 0.6 is 11.8 Å². The van der Waals surface area contributed by atoms with E-state index in [0.717, 1.165) is 16.7 Å². The van der Waals surface area contributed by atoms with Crippen LogP contribution in [0.25, 0.3) is 0 Å². The fraction of sp³-hybridized carbons (Fsp3) is 0.250. The van der Waals surface area contributed by atoms with Gasteiger partial charge in [-0.15, -0.1) is 11.8 Å². The van der Waals surface area contributed by atoms with E-state index in [1.807, 2.05) is 6.07 Å². The monoisotopic (exact) mass is 376 g/mol. The van der Waals surface area contributed by atoms with Crippen LogP contribution in [-0.4, -0.2) is 51.2 Å². The fourth-order valence-electron chi connectivity index (χ4n) is 2.77. The average Bonchev–Trinajstić information content (AvgIpc) is 2.63. The smallest absolute Gasteiger partial charge is 0.331 e. The van der Waals surface area contributed by atoms with Gasteiger partial charge in [0.05, 0.1) is 11.3 Å². The van der Waals surface area contributed by atoms with Gasteiger partial charge in [0.25, 0.3) is 5.91 Å². The molecule has 9 nitrogen and oxygen atoms in total. The first-order valence-corrected chi connectivity index (χ1v) is 8.63. The number of benzene rings is 1. The van der Waals surface area contributed by atoms with Gasteiger partial charge in [0.2, 0.25) is 11.8 Å². The molecule has 2 aliphatic heterocycles. The summed E-state index contributed by atoms with van der Waals surface area (Å²) >= 11 is 1.12. The van der Waals surface area contributed by atoms with Gasteiger partial charge in [0, 0.05) is 6.92 Å². The van der Waals surface area contributed by atoms with E-state index < -0.39 is 35.2 Å². The largest absolute Gasteiger partial charge is 0.479 e. The zero-order valence-electron chi connectivity index (χ0n) is 13.6. The summed E-state index contributed by atoms with van der Waals surface area (Å²) in [4.78, 5) is 48.6. The molecule has 1 aromatic carbocycles. The van der Waals surface area contributed by atoms with Crippen LogP contribution < -0.4 is 16.2 Å². The standard InChI is InChI=1S/C16H16N4O5S/c1-8(21)17-11-14(23)20-12(16(24)25)10(7-26-15(11)20)13(22)19-18-9-5-3-2-4-6-9/h2-7,11-12,15,18H,1H3,(H,17,21)(H,19,22)(H,24,25)/t11?,12?,15-/m0/s1. The highest BCUT2D eigenvalue weighted by atomic mass is 32.2. The third kappa shape index (κ3) is 3.23. The second-order valence-corrected chi connectivity index (χ2v) is 6.70. The summed E-state index contributed by atoms with van der Waals surface area (Å²) in [5.41, 5.74) is 5.68. The van der Waals surface area contributed by atoms with Crippen LogP contribution in [0.5, 0.6) is 0 Å². The van der Waals surface area contributed by atoms with Crippen LogP contribution in [0.4, 0.5) is 5.69 Å². The molecule has 26 heavy (non-hydrogen) atoms. The Kier molecular flexibility index (Phi) is 4.85. The van der Waals surface area contributed by atoms with Gasteiger partial charge >= 0.3 is 5.97 Å². The molecule has 3 atom stereocenters. The van der Waals surface area contributed by atoms with Crippen LogP contribution in [0.2, 0.25) is 0 Å². The van der Waals surface area contributed by atoms with Crippen LogP contribution in [0.15, 0.2) is 41.3 Å². The molecule has 2 heterocycles. The Labute approximate surface area is 152 Å². The summed E-state index contributed by atoms with van der Waals surface area (Å²) in [6.07, 6.45) is 0. The number of rotatable bonds is 5. The van der Waals surface area contributed by atoms with Crippen molar-refractivity contribution in [2.24, 2.45) is 0 Å². The minimum absolute atomic E-state index is 0.0585. The lowest BCUT2D eigenvalue weighted by Gasteiger charge is -2.50. The molecule has 0 bridgehead atoms. The maximum Gasteiger partial charge on any atom is 0.331 e. The van der Waals surface area contributed by atoms with Gasteiger partial charge in [-0.2, -0.15) is 0 Å². The molecule has 0 aliphatic carbocycles. The van der Waals surface area contributed by atoms with Gasteiger partial charge in [-0.1, -0.05) is 18.2 Å². The van der Waals surface area contributed by atoms with Crippen molar-refractivity contribution in [1.29, 1.82) is 0 Å². The van der Waals surface area contributed by atoms with Gasteiger partial charge < -0.3 is 15.3 Å². The van der Waals surface area contributed by atoms with Crippen molar-refractivity contribution < 1.29 is 24.3 Å². The van der Waals surface area contributed by atoms with E-state index in [1.165, 1.54) is 12.3 Å². The molecule has 1 fully saturated rings. The van der Waals surface area contributed by atoms with Gasteiger partial charge in [-0.3, -0.25) is 25.2 Å². The molecule has 3 rings (SSSR count). The minimum atomic E-state index is -1.41. The summed E-state index contributed by atoms with van der Waals surface area (Å²) in [6.45, 7) is 1.28. The van der Waals surface area contributed by atoms with Crippen molar-refractivity contribution in [2.75, 3.05) is 5.43 Å². The number of fused-ring (bicyclic) bond motifs is 1. The lowest BCUT2D eigenvalue weighted by molar-refractivity contribution is -0.160. The number of hydrogen-bond donors (Lipinski definition) is 4. The number of thioether (sulfide) groups is 1. The number of nitrogens with zero attached hydrogens (tertiary/aromatic N) is 1. The van der Waals surface area contributed by atoms with Gasteiger partial charge in [0.15, 0.2) is 6.04 Å². The van der Waals surface area contributed by atoms with E-state index in [9.17, 15) is 24.3 Å². The molecule has 4 N–H and O–H groups in total. The number of β-lactam (4-membered cyclic amide) rings is 1. The molecule has 10 heteroatoms. The lowest BCUT2D eigenvalue weighted by atomic mass is 9.97. The van der Waals surface area contributed by atoms with Crippen molar-refractivity contribution in [1.82, 2.24) is 15.6 Å². The molecule has 2 aliphatic rings. The molecular weight excluding hydrogens is 360 g/mol. The zero-order chi connectivity index (χ0) is 18.8. The first kappa shape index (κ1) is 17.8. The Morgan fingerprint density at radius 2 is 1.88 bits per heavy atom. The molecule has 3 amide bonds. The molecule has 0 spiro atoms. The highest BCUT2D eigenvalue weighted by Crippen LogP contribution is 2.40. The lowest BCUT2D eigenvalue weighted by Crippen LogP contribution is -2.74. The molecule has 0 radical (unpaired) electrons. The topological polar surface area (TPSA) is 128 Å². The zero-order valence-corrected chi connectivity index (χ0v) is 14.4. The summed E-state index contributed by atoms with van der Waals surface area (Å²) < 4.78 is 0. The predicted octanol–water partition coefficient (Wildman–Crippen LogP) is -0.113. The Bertz CT molecular complexity index is 797. The first-order valence-electron chi connectivity index (χ1n) is 7.69. The Hall–Kier alpha value is -3.01. The number of amides is 3.